The normalized spacial score (nSPS) is 14.8. The summed E-state index contributed by atoms with van der Waals surface area (Å²) >= 11 is 5.46. The number of alkyl halides is 1. The van der Waals surface area contributed by atoms with Gasteiger partial charge in [0.25, 0.3) is 0 Å². The molecule has 0 aliphatic carbocycles. The van der Waals surface area contributed by atoms with E-state index in [1.807, 2.05) is 25.6 Å². The van der Waals surface area contributed by atoms with E-state index in [1.54, 1.807) is 0 Å². The summed E-state index contributed by atoms with van der Waals surface area (Å²) in [5.74, 6) is 1.04. The topological polar surface area (TPSA) is 20.2 Å². The second kappa shape index (κ2) is 11.2. The highest BCUT2D eigenvalue weighted by atomic mass is 79.9. The van der Waals surface area contributed by atoms with Crippen molar-refractivity contribution in [3.63, 3.8) is 0 Å². The van der Waals surface area contributed by atoms with Crippen molar-refractivity contribution in [1.82, 2.24) is 0 Å². The van der Waals surface area contributed by atoms with Crippen LogP contribution in [-0.2, 0) is 0 Å². The first kappa shape index (κ1) is 21.5. The van der Waals surface area contributed by atoms with Crippen molar-refractivity contribution in [2.45, 2.75) is 68.7 Å². The van der Waals surface area contributed by atoms with Crippen LogP contribution in [0.25, 0.3) is 0 Å². The fourth-order valence-electron chi connectivity index (χ4n) is 2.25. The molecule has 1 N–H and O–H groups in total. The van der Waals surface area contributed by atoms with Crippen LogP contribution in [0.4, 0.5) is 0 Å². The Morgan fingerprint density at radius 3 is 2.38 bits per heavy atom. The average molecular weight is 411 g/mol. The molecule has 1 nitrogen and oxygen atoms in total. The van der Waals surface area contributed by atoms with E-state index in [1.165, 1.54) is 16.0 Å². The molecule has 0 aliphatic heterocycles. The van der Waals surface area contributed by atoms with Gasteiger partial charge in [0.05, 0.1) is 5.60 Å². The van der Waals surface area contributed by atoms with Crippen LogP contribution in [-0.4, -0.2) is 21.3 Å². The second-order valence-electron chi connectivity index (χ2n) is 6.92. The van der Waals surface area contributed by atoms with Gasteiger partial charge in [-0.2, -0.15) is 0 Å². The minimum atomic E-state index is -0.657. The highest BCUT2D eigenvalue weighted by molar-refractivity contribution is 9.09. The molecular formula is C21H31BrOS. The molecule has 0 heterocycles. The highest BCUT2D eigenvalue weighted by Crippen LogP contribution is 2.24. The van der Waals surface area contributed by atoms with Gasteiger partial charge in [0, 0.05) is 15.5 Å². The molecule has 3 heteroatoms. The lowest BCUT2D eigenvalue weighted by Gasteiger charge is -2.24. The Hall–Kier alpha value is -0.510. The largest absolute Gasteiger partial charge is 0.389 e. The Kier molecular flexibility index (Phi) is 10.0. The van der Waals surface area contributed by atoms with Gasteiger partial charge >= 0.3 is 0 Å². The molecule has 0 bridgehead atoms. The molecule has 1 aromatic rings. The number of thioether (sulfide) groups is 1. The number of rotatable bonds is 10. The summed E-state index contributed by atoms with van der Waals surface area (Å²) in [5, 5.41) is 9.94. The van der Waals surface area contributed by atoms with E-state index in [9.17, 15) is 5.11 Å². The first-order valence-electron chi connectivity index (χ1n) is 8.64. The van der Waals surface area contributed by atoms with Crippen molar-refractivity contribution in [3.8, 4) is 0 Å². The average Bonchev–Trinajstić information content (AvgIpc) is 2.52. The van der Waals surface area contributed by atoms with Crippen LogP contribution < -0.4 is 0 Å². The zero-order valence-electron chi connectivity index (χ0n) is 15.4. The van der Waals surface area contributed by atoms with Crippen LogP contribution in [0, 0.1) is 0 Å². The van der Waals surface area contributed by atoms with Crippen molar-refractivity contribution in [2.75, 3.05) is 5.75 Å². The highest BCUT2D eigenvalue weighted by Gasteiger charge is 2.23. The Morgan fingerprint density at radius 2 is 1.75 bits per heavy atom. The molecule has 0 radical (unpaired) electrons. The molecule has 134 valence electrons. The molecule has 0 saturated heterocycles. The molecule has 0 spiro atoms. The number of hydrogen-bond acceptors (Lipinski definition) is 2. The molecular weight excluding hydrogens is 380 g/mol. The Morgan fingerprint density at radius 1 is 1.12 bits per heavy atom. The number of aliphatic hydroxyl groups is 1. The summed E-state index contributed by atoms with van der Waals surface area (Å²) in [6.07, 6.45) is 8.89. The minimum Gasteiger partial charge on any atom is -0.389 e. The molecule has 1 aromatic carbocycles. The van der Waals surface area contributed by atoms with Crippen molar-refractivity contribution < 1.29 is 5.11 Å². The number of halogens is 1. The van der Waals surface area contributed by atoms with Gasteiger partial charge in [-0.3, -0.25) is 0 Å². The standard InChI is InChI=1S/C21H31BrOS/c1-17(13-14-20(22)21(3,4)23)9-8-10-18(2)15-16-24-19-11-6-5-7-12-19/h5-7,9,11-12,15,20,23H,8,10,13-14,16H2,1-4H3/b17-9+,18-15-. The zero-order chi connectivity index (χ0) is 18.0. The van der Waals surface area contributed by atoms with Crippen molar-refractivity contribution >= 4 is 27.7 Å². The van der Waals surface area contributed by atoms with Gasteiger partial charge in [-0.15, -0.1) is 11.8 Å². The molecule has 1 atom stereocenters. The van der Waals surface area contributed by atoms with Gasteiger partial charge < -0.3 is 5.11 Å². The molecule has 0 aromatic heterocycles. The van der Waals surface area contributed by atoms with Gasteiger partial charge in [-0.05, 0) is 65.5 Å². The summed E-state index contributed by atoms with van der Waals surface area (Å²) in [4.78, 5) is 1.47. The third kappa shape index (κ3) is 9.71. The SMILES string of the molecule is C/C(=C/CSc1ccccc1)CC/C=C(\C)CCC(Br)C(C)(C)O. The van der Waals surface area contributed by atoms with E-state index in [0.29, 0.717) is 0 Å². The van der Waals surface area contributed by atoms with E-state index in [4.69, 9.17) is 0 Å². The van der Waals surface area contributed by atoms with Crippen LogP contribution >= 0.6 is 27.7 Å². The van der Waals surface area contributed by atoms with Crippen LogP contribution in [0.1, 0.15) is 53.4 Å². The van der Waals surface area contributed by atoms with Crippen LogP contribution in [0.2, 0.25) is 0 Å². The van der Waals surface area contributed by atoms with Crippen molar-refractivity contribution in [1.29, 1.82) is 0 Å². The molecule has 24 heavy (non-hydrogen) atoms. The monoisotopic (exact) mass is 410 g/mol. The molecule has 1 unspecified atom stereocenters. The minimum absolute atomic E-state index is 0.144. The lowest BCUT2D eigenvalue weighted by atomic mass is 9.98. The van der Waals surface area contributed by atoms with E-state index in [0.717, 1.165) is 31.4 Å². The quantitative estimate of drug-likeness (QED) is 0.261. The fraction of sp³-hybridized carbons (Fsp3) is 0.524. The maximum atomic E-state index is 9.94. The summed E-state index contributed by atoms with van der Waals surface area (Å²) in [6.45, 7) is 8.12. The predicted molar refractivity (Wildman–Crippen MR) is 112 cm³/mol. The third-order valence-electron chi connectivity index (χ3n) is 4.02. The van der Waals surface area contributed by atoms with Crippen molar-refractivity contribution in [3.05, 3.63) is 53.6 Å². The first-order valence-corrected chi connectivity index (χ1v) is 10.5. The zero-order valence-corrected chi connectivity index (χ0v) is 17.8. The molecule has 0 aliphatic rings. The van der Waals surface area contributed by atoms with Gasteiger partial charge in [0.1, 0.15) is 0 Å². The van der Waals surface area contributed by atoms with Gasteiger partial charge in [-0.1, -0.05) is 57.4 Å². The number of benzene rings is 1. The summed E-state index contributed by atoms with van der Waals surface area (Å²) in [7, 11) is 0. The second-order valence-corrected chi connectivity index (χ2v) is 9.12. The number of allylic oxidation sites excluding steroid dienone is 3. The Labute approximate surface area is 160 Å². The molecule has 0 saturated carbocycles. The first-order chi connectivity index (χ1) is 11.3. The van der Waals surface area contributed by atoms with E-state index in [-0.39, 0.29) is 4.83 Å². The van der Waals surface area contributed by atoms with Gasteiger partial charge in [-0.25, -0.2) is 0 Å². The summed E-state index contributed by atoms with van der Waals surface area (Å²) in [6, 6.07) is 10.5. The van der Waals surface area contributed by atoms with Crippen LogP contribution in [0.5, 0.6) is 0 Å². The van der Waals surface area contributed by atoms with Gasteiger partial charge in [0.2, 0.25) is 0 Å². The summed E-state index contributed by atoms with van der Waals surface area (Å²) in [5.41, 5.74) is 2.21. The lowest BCUT2D eigenvalue weighted by Crippen LogP contribution is -2.31. The maximum absolute atomic E-state index is 9.94. The molecule has 0 fully saturated rings. The smallest absolute Gasteiger partial charge is 0.0716 e. The molecule has 1 rings (SSSR count). The van der Waals surface area contributed by atoms with Crippen LogP contribution in [0.3, 0.4) is 0 Å². The summed E-state index contributed by atoms with van der Waals surface area (Å²) < 4.78 is 0. The lowest BCUT2D eigenvalue weighted by molar-refractivity contribution is 0.0774. The fourth-order valence-corrected chi connectivity index (χ4v) is 3.39. The predicted octanol–water partition coefficient (Wildman–Crippen LogP) is 6.77. The van der Waals surface area contributed by atoms with E-state index in [2.05, 4.69) is 72.3 Å². The Balaban J connectivity index is 2.25. The van der Waals surface area contributed by atoms with E-state index >= 15 is 0 Å². The Bertz CT molecular complexity index is 529. The van der Waals surface area contributed by atoms with Crippen LogP contribution in [0.15, 0.2) is 58.5 Å². The van der Waals surface area contributed by atoms with Crippen molar-refractivity contribution in [2.24, 2.45) is 0 Å². The van der Waals surface area contributed by atoms with Gasteiger partial charge in [0.15, 0.2) is 0 Å². The third-order valence-corrected chi connectivity index (χ3v) is 6.53. The molecule has 0 amide bonds. The number of hydrogen-bond donors (Lipinski definition) is 1. The van der Waals surface area contributed by atoms with E-state index < -0.39 is 5.60 Å². The maximum Gasteiger partial charge on any atom is 0.0716 e.